The molecule has 1 aliphatic rings. The molecule has 0 aromatic heterocycles. The van der Waals surface area contributed by atoms with Crippen molar-refractivity contribution in [1.29, 1.82) is 0 Å². The molecule has 16 heteroatoms. The molecule has 0 saturated carbocycles. The van der Waals surface area contributed by atoms with Gasteiger partial charge in [0.25, 0.3) is 5.91 Å². The first kappa shape index (κ1) is 55.7. The van der Waals surface area contributed by atoms with Gasteiger partial charge in [0.15, 0.2) is 11.5 Å². The van der Waals surface area contributed by atoms with Gasteiger partial charge in [0.1, 0.15) is 28.9 Å². The van der Waals surface area contributed by atoms with Crippen LogP contribution in [0.25, 0.3) is 10.8 Å². The van der Waals surface area contributed by atoms with Crippen molar-refractivity contribution >= 4 is 45.8 Å². The molecular weight excluding hydrogens is 956 g/mol. The standard InChI is InChI=1S/C22H22N2O3.C19H22N2O2.C18H17FN2O4/c1-27-21-12-18(22(24)26)9-8-17(21)11-20(25)19(13-23)16-7-6-14-4-2-3-5-15(14)10-16;1-13-11-14(7-8-16(13)19(21)23)12-18(22)17(9-10-20)15-5-3-2-4-6-15;19-14-5-10(1-3-12(14)18(21)23)6-15(22)13(8-20)11-2-4-16-17(7-11)25-9-24-16/h2-10,12,19H,11,13,23H2,1H3,(H2,24,26);2-8,11,17H,9-10,12,20H2,1H3,(H2,21,23);1-5,7,13H,6,8-9,20H2,(H2,21,23). The highest BCUT2D eigenvalue weighted by molar-refractivity contribution is 5.96. The first-order valence-electron chi connectivity index (χ1n) is 24.1. The molecule has 1 heterocycles. The molecule has 1 aliphatic heterocycles. The van der Waals surface area contributed by atoms with Crippen molar-refractivity contribution in [2.45, 2.75) is 50.4 Å². The smallest absolute Gasteiger partial charge is 0.251 e. The van der Waals surface area contributed by atoms with Gasteiger partial charge in [-0.05, 0) is 107 Å². The summed E-state index contributed by atoms with van der Waals surface area (Å²) in [4.78, 5) is 71.9. The summed E-state index contributed by atoms with van der Waals surface area (Å²) >= 11 is 0. The second-order valence-electron chi connectivity index (χ2n) is 17.8. The Morgan fingerprint density at radius 3 is 1.72 bits per heavy atom. The maximum atomic E-state index is 13.8. The second-order valence-corrected chi connectivity index (χ2v) is 17.8. The van der Waals surface area contributed by atoms with Gasteiger partial charge in [-0.2, -0.15) is 0 Å². The second kappa shape index (κ2) is 26.4. The number of carbonyl (C=O) groups is 6. The van der Waals surface area contributed by atoms with Crippen molar-refractivity contribution in [2.75, 3.05) is 33.5 Å². The van der Waals surface area contributed by atoms with E-state index in [0.29, 0.717) is 64.5 Å². The Balaban J connectivity index is 0.000000184. The van der Waals surface area contributed by atoms with Crippen molar-refractivity contribution in [3.63, 3.8) is 0 Å². The summed E-state index contributed by atoms with van der Waals surface area (Å²) in [6.07, 6.45) is 1.10. The van der Waals surface area contributed by atoms with Gasteiger partial charge in [-0.25, -0.2) is 4.39 Å². The number of ether oxygens (including phenoxy) is 3. The molecule has 0 fully saturated rings. The Bertz CT molecular complexity index is 3200. The highest BCUT2D eigenvalue weighted by atomic mass is 19.1. The lowest BCUT2D eigenvalue weighted by molar-refractivity contribution is -0.120. The van der Waals surface area contributed by atoms with E-state index in [-0.39, 0.29) is 61.6 Å². The normalized spacial score (nSPS) is 12.5. The summed E-state index contributed by atoms with van der Waals surface area (Å²) in [5.41, 5.74) is 39.1. The van der Waals surface area contributed by atoms with Crippen LogP contribution in [0.1, 0.15) is 94.2 Å². The van der Waals surface area contributed by atoms with E-state index in [2.05, 4.69) is 0 Å². The van der Waals surface area contributed by atoms with Crippen LogP contribution in [-0.4, -0.2) is 68.6 Å². The molecule has 0 bridgehead atoms. The maximum absolute atomic E-state index is 13.8. The molecule has 3 amide bonds. The van der Waals surface area contributed by atoms with Crippen LogP contribution < -0.4 is 48.6 Å². The lowest BCUT2D eigenvalue weighted by Gasteiger charge is -2.16. The number of methoxy groups -OCH3 is 1. The number of benzene rings is 7. The minimum absolute atomic E-state index is 0.00194. The van der Waals surface area contributed by atoms with Crippen LogP contribution in [0.5, 0.6) is 17.2 Å². The molecule has 8 rings (SSSR count). The number of ketones is 3. The van der Waals surface area contributed by atoms with Crippen molar-refractivity contribution in [3.8, 4) is 17.2 Å². The largest absolute Gasteiger partial charge is 0.496 e. The van der Waals surface area contributed by atoms with E-state index in [4.69, 9.17) is 48.6 Å². The van der Waals surface area contributed by atoms with Gasteiger partial charge in [-0.3, -0.25) is 28.8 Å². The number of aryl methyl sites for hydroxylation is 1. The molecular formula is C59H61FN6O9. The van der Waals surface area contributed by atoms with Gasteiger partial charge in [0.2, 0.25) is 18.6 Å². The van der Waals surface area contributed by atoms with Crippen LogP contribution in [0.3, 0.4) is 0 Å². The number of fused-ring (bicyclic) bond motifs is 2. The maximum Gasteiger partial charge on any atom is 0.251 e. The van der Waals surface area contributed by atoms with Gasteiger partial charge < -0.3 is 48.6 Å². The van der Waals surface area contributed by atoms with Crippen LogP contribution in [0, 0.1) is 12.7 Å². The van der Waals surface area contributed by atoms with Gasteiger partial charge in [0.05, 0.1) is 24.5 Å². The lowest BCUT2D eigenvalue weighted by atomic mass is 9.88. The topological polar surface area (TPSA) is 286 Å². The van der Waals surface area contributed by atoms with Gasteiger partial charge in [-0.1, -0.05) is 103 Å². The highest BCUT2D eigenvalue weighted by Gasteiger charge is 2.25. The third-order valence-corrected chi connectivity index (χ3v) is 12.8. The zero-order valence-electron chi connectivity index (χ0n) is 41.8. The predicted molar refractivity (Wildman–Crippen MR) is 285 cm³/mol. The summed E-state index contributed by atoms with van der Waals surface area (Å²) in [6, 6.07) is 43.0. The van der Waals surface area contributed by atoms with Crippen molar-refractivity contribution in [2.24, 2.45) is 34.4 Å². The van der Waals surface area contributed by atoms with Crippen LogP contribution in [-0.2, 0) is 33.6 Å². The molecule has 12 N–H and O–H groups in total. The molecule has 0 spiro atoms. The molecule has 7 aromatic rings. The van der Waals surface area contributed by atoms with Crippen LogP contribution in [0.4, 0.5) is 4.39 Å². The number of halogens is 1. The van der Waals surface area contributed by atoms with Crippen molar-refractivity contribution in [3.05, 3.63) is 207 Å². The van der Waals surface area contributed by atoms with E-state index in [9.17, 15) is 33.2 Å². The average molecular weight is 1020 g/mol. The number of primary amides is 3. The number of nitrogens with two attached hydrogens (primary N) is 6. The average Bonchev–Trinajstić information content (AvgIpc) is 3.87. The molecule has 75 heavy (non-hydrogen) atoms. The third-order valence-electron chi connectivity index (χ3n) is 12.8. The Morgan fingerprint density at radius 2 is 1.12 bits per heavy atom. The number of hydrogen-bond donors (Lipinski definition) is 6. The molecule has 3 atom stereocenters. The minimum atomic E-state index is -0.851. The van der Waals surface area contributed by atoms with Crippen molar-refractivity contribution in [1.82, 2.24) is 0 Å². The van der Waals surface area contributed by atoms with Crippen molar-refractivity contribution < 1.29 is 47.4 Å². The lowest BCUT2D eigenvalue weighted by Crippen LogP contribution is -2.23. The van der Waals surface area contributed by atoms with E-state index in [1.807, 2.05) is 85.8 Å². The van der Waals surface area contributed by atoms with E-state index in [1.165, 1.54) is 19.2 Å². The number of carbonyl (C=O) groups excluding carboxylic acids is 6. The van der Waals surface area contributed by atoms with Gasteiger partial charge in [0, 0.05) is 55.0 Å². The van der Waals surface area contributed by atoms with E-state index >= 15 is 0 Å². The fraction of sp³-hybridized carbons (Fsp3) is 0.220. The van der Waals surface area contributed by atoms with Gasteiger partial charge in [-0.15, -0.1) is 0 Å². The summed E-state index contributed by atoms with van der Waals surface area (Å²) in [7, 11) is 1.50. The SMILES string of the molecule is COc1cc(C(N)=O)ccc1CC(=O)C(CN)c1ccc2ccccc2c1.Cc1cc(CC(=O)C(CCN)c2ccccc2)ccc1C(N)=O.NCC(C(=O)Cc1ccc(C(N)=O)c(F)c1)c1ccc2c(c1)OCO2. The van der Waals surface area contributed by atoms with Crippen LogP contribution in [0.2, 0.25) is 0 Å². The number of Topliss-reactive ketones (excluding diaryl/α,β-unsaturated/α-hetero) is 3. The molecule has 15 nitrogen and oxygen atoms in total. The van der Waals surface area contributed by atoms with Gasteiger partial charge >= 0.3 is 0 Å². The first-order chi connectivity index (χ1) is 36.0. The zero-order chi connectivity index (χ0) is 54.2. The van der Waals surface area contributed by atoms with E-state index in [0.717, 1.165) is 39.1 Å². The summed E-state index contributed by atoms with van der Waals surface area (Å²) in [6.45, 7) is 2.76. The first-order valence-corrected chi connectivity index (χ1v) is 24.1. The van der Waals surface area contributed by atoms with Crippen LogP contribution in [0.15, 0.2) is 146 Å². The fourth-order valence-corrected chi connectivity index (χ4v) is 8.81. The Hall–Kier alpha value is -8.57. The third kappa shape index (κ3) is 14.6. The van der Waals surface area contributed by atoms with E-state index < -0.39 is 35.4 Å². The quantitative estimate of drug-likeness (QED) is 0.0468. The summed E-state index contributed by atoms with van der Waals surface area (Å²) in [5.74, 6) is -2.11. The number of hydrogen-bond acceptors (Lipinski definition) is 12. The van der Waals surface area contributed by atoms with E-state index in [1.54, 1.807) is 48.5 Å². The highest BCUT2D eigenvalue weighted by Crippen LogP contribution is 2.35. The molecule has 0 saturated heterocycles. The number of amides is 3. The Kier molecular flexibility index (Phi) is 19.6. The predicted octanol–water partition coefficient (Wildman–Crippen LogP) is 6.65. The monoisotopic (exact) mass is 1020 g/mol. The molecule has 3 unspecified atom stereocenters. The Morgan fingerprint density at radius 1 is 0.547 bits per heavy atom. The molecule has 0 radical (unpaired) electrons. The molecule has 388 valence electrons. The fourth-order valence-electron chi connectivity index (χ4n) is 8.81. The summed E-state index contributed by atoms with van der Waals surface area (Å²) in [5, 5.41) is 2.19. The molecule has 7 aromatic carbocycles. The summed E-state index contributed by atoms with van der Waals surface area (Å²) < 4.78 is 29.7. The zero-order valence-corrected chi connectivity index (χ0v) is 41.8. The Labute approximate surface area is 434 Å². The minimum Gasteiger partial charge on any atom is -0.496 e. The molecule has 0 aliphatic carbocycles. The van der Waals surface area contributed by atoms with Crippen LogP contribution >= 0.6 is 0 Å². The number of rotatable bonds is 20.